The van der Waals surface area contributed by atoms with Gasteiger partial charge in [0, 0.05) is 6.07 Å². The first-order valence-corrected chi connectivity index (χ1v) is 5.24. The Hall–Kier alpha value is -1.05. The maximum atomic E-state index is 5.72. The fourth-order valence-electron chi connectivity index (χ4n) is 1.24. The van der Waals surface area contributed by atoms with E-state index in [-0.39, 0.29) is 0 Å². The number of nitrogens with zero attached hydrogens (tertiary/aromatic N) is 1. The molecule has 0 atom stereocenters. The lowest BCUT2D eigenvalue weighted by Crippen LogP contribution is -2.37. The molecule has 0 aliphatic heterocycles. The third kappa shape index (κ3) is 3.02. The largest absolute Gasteiger partial charge is 0.444 e. The Labute approximate surface area is 86.5 Å². The molecule has 78 valence electrons. The van der Waals surface area contributed by atoms with Crippen LogP contribution in [0, 0.1) is 5.92 Å². The molecule has 14 heavy (non-hydrogen) atoms. The molecule has 0 saturated heterocycles. The minimum atomic E-state index is 0.443. The fraction of sp³-hybridized carbons (Fsp3) is 0.583. The Morgan fingerprint density at radius 3 is 2.50 bits per heavy atom. The van der Waals surface area contributed by atoms with Crippen molar-refractivity contribution in [2.24, 2.45) is 5.92 Å². The number of pyridine rings is 1. The molecule has 0 spiro atoms. The molecule has 0 fully saturated rings. The van der Waals surface area contributed by atoms with Crippen LogP contribution >= 0.6 is 0 Å². The number of ether oxygens (including phenoxy) is 1. The van der Waals surface area contributed by atoms with Gasteiger partial charge in [-0.3, -0.25) is 0 Å². The molecule has 1 heterocycles. The van der Waals surface area contributed by atoms with Crippen LogP contribution in [0.1, 0.15) is 33.7 Å². The summed E-state index contributed by atoms with van der Waals surface area (Å²) in [5, 5.41) is 0. The average Bonchev–Trinajstić information content (AvgIpc) is 2.15. The van der Waals surface area contributed by atoms with E-state index in [1.54, 1.807) is 0 Å². The number of hydrogen-bond donors (Lipinski definition) is 0. The molecule has 1 aromatic rings. The van der Waals surface area contributed by atoms with Crippen LogP contribution in [-0.2, 0) is 0 Å². The highest BCUT2D eigenvalue weighted by atomic mass is 16.5. The van der Waals surface area contributed by atoms with Crippen molar-refractivity contribution in [3.05, 3.63) is 24.4 Å². The molecule has 0 amide bonds. The molecular formula is C12H20NO+. The van der Waals surface area contributed by atoms with Crippen molar-refractivity contribution in [3.8, 4) is 5.88 Å². The third-order valence-corrected chi connectivity index (χ3v) is 1.97. The van der Waals surface area contributed by atoms with E-state index in [2.05, 4.69) is 38.5 Å². The van der Waals surface area contributed by atoms with Crippen LogP contribution < -0.4 is 9.30 Å². The highest BCUT2D eigenvalue weighted by molar-refractivity contribution is 5.02. The van der Waals surface area contributed by atoms with Gasteiger partial charge in [-0.15, -0.1) is 0 Å². The summed E-state index contributed by atoms with van der Waals surface area (Å²) in [5.74, 6) is 1.52. The zero-order chi connectivity index (χ0) is 10.6. The lowest BCUT2D eigenvalue weighted by molar-refractivity contribution is -0.720. The second kappa shape index (κ2) is 4.99. The van der Waals surface area contributed by atoms with Gasteiger partial charge in [0.15, 0.2) is 12.2 Å². The molecule has 2 nitrogen and oxygen atoms in total. The van der Waals surface area contributed by atoms with Gasteiger partial charge < -0.3 is 4.74 Å². The lowest BCUT2D eigenvalue weighted by atomic mass is 10.2. The van der Waals surface area contributed by atoms with Gasteiger partial charge in [0.1, 0.15) is 0 Å². The van der Waals surface area contributed by atoms with E-state index in [0.717, 1.165) is 12.5 Å². The van der Waals surface area contributed by atoms with Crippen molar-refractivity contribution in [2.75, 3.05) is 6.61 Å². The van der Waals surface area contributed by atoms with E-state index in [4.69, 9.17) is 4.74 Å². The Kier molecular flexibility index (Phi) is 3.93. The summed E-state index contributed by atoms with van der Waals surface area (Å²) >= 11 is 0. The highest BCUT2D eigenvalue weighted by Gasteiger charge is 2.14. The van der Waals surface area contributed by atoms with Crippen molar-refractivity contribution in [1.29, 1.82) is 0 Å². The Balaban J connectivity index is 2.74. The maximum absolute atomic E-state index is 5.72. The monoisotopic (exact) mass is 194 g/mol. The number of aromatic nitrogens is 1. The van der Waals surface area contributed by atoms with Gasteiger partial charge in [-0.1, -0.05) is 13.8 Å². The van der Waals surface area contributed by atoms with E-state index in [0.29, 0.717) is 12.0 Å². The van der Waals surface area contributed by atoms with Gasteiger partial charge in [0.05, 0.1) is 12.7 Å². The minimum Gasteiger partial charge on any atom is -0.444 e. The zero-order valence-electron chi connectivity index (χ0n) is 9.53. The zero-order valence-corrected chi connectivity index (χ0v) is 9.53. The van der Waals surface area contributed by atoms with Crippen molar-refractivity contribution in [1.82, 2.24) is 0 Å². The number of rotatable bonds is 4. The standard InChI is InChI=1S/C12H20NO/c1-10(2)9-14-12-7-5-6-8-13(12)11(3)4/h5-8,10-11H,9H2,1-4H3/q+1. The molecule has 2 heteroatoms. The smallest absolute Gasteiger partial charge is 0.367 e. The van der Waals surface area contributed by atoms with Crippen molar-refractivity contribution >= 4 is 0 Å². The molecule has 0 radical (unpaired) electrons. The summed E-state index contributed by atoms with van der Waals surface area (Å²) in [6.45, 7) is 9.40. The lowest BCUT2D eigenvalue weighted by Gasteiger charge is -2.09. The predicted molar refractivity (Wildman–Crippen MR) is 57.4 cm³/mol. The van der Waals surface area contributed by atoms with E-state index in [1.807, 2.05) is 18.2 Å². The summed E-state index contributed by atoms with van der Waals surface area (Å²) in [6, 6.07) is 6.50. The van der Waals surface area contributed by atoms with E-state index >= 15 is 0 Å². The van der Waals surface area contributed by atoms with Crippen LogP contribution in [0.25, 0.3) is 0 Å². The van der Waals surface area contributed by atoms with Crippen molar-refractivity contribution in [3.63, 3.8) is 0 Å². The molecule has 0 aliphatic rings. The van der Waals surface area contributed by atoms with E-state index in [1.165, 1.54) is 0 Å². The first kappa shape index (κ1) is 11.0. The highest BCUT2D eigenvalue weighted by Crippen LogP contribution is 2.07. The summed E-state index contributed by atoms with van der Waals surface area (Å²) in [6.07, 6.45) is 2.06. The van der Waals surface area contributed by atoms with Gasteiger partial charge in [-0.2, -0.15) is 4.57 Å². The van der Waals surface area contributed by atoms with Gasteiger partial charge in [-0.25, -0.2) is 0 Å². The average molecular weight is 194 g/mol. The second-order valence-corrected chi connectivity index (χ2v) is 4.24. The third-order valence-electron chi connectivity index (χ3n) is 1.97. The topological polar surface area (TPSA) is 13.1 Å². The van der Waals surface area contributed by atoms with Crippen molar-refractivity contribution in [2.45, 2.75) is 33.7 Å². The van der Waals surface area contributed by atoms with Crippen LogP contribution in [0.15, 0.2) is 24.4 Å². The van der Waals surface area contributed by atoms with Crippen LogP contribution in [0.2, 0.25) is 0 Å². The summed E-state index contributed by atoms with van der Waals surface area (Å²) in [4.78, 5) is 0. The fourth-order valence-corrected chi connectivity index (χ4v) is 1.24. The molecule has 0 N–H and O–H groups in total. The Morgan fingerprint density at radius 2 is 1.93 bits per heavy atom. The van der Waals surface area contributed by atoms with Crippen LogP contribution in [0.5, 0.6) is 5.88 Å². The summed E-state index contributed by atoms with van der Waals surface area (Å²) < 4.78 is 7.86. The summed E-state index contributed by atoms with van der Waals surface area (Å²) in [7, 11) is 0. The SMILES string of the molecule is CC(C)COc1cccc[n+]1C(C)C. The molecule has 0 saturated carbocycles. The molecule has 0 unspecified atom stereocenters. The quantitative estimate of drug-likeness (QED) is 0.671. The van der Waals surface area contributed by atoms with Crippen molar-refractivity contribution < 1.29 is 9.30 Å². The molecule has 0 aliphatic carbocycles. The molecule has 1 aromatic heterocycles. The first-order chi connectivity index (χ1) is 6.61. The molecule has 1 rings (SSSR count). The van der Waals surface area contributed by atoms with Crippen LogP contribution in [-0.4, -0.2) is 6.61 Å². The van der Waals surface area contributed by atoms with Gasteiger partial charge in [0.25, 0.3) is 0 Å². The molecule has 0 aromatic carbocycles. The van der Waals surface area contributed by atoms with Gasteiger partial charge in [0.2, 0.25) is 0 Å². The first-order valence-electron chi connectivity index (χ1n) is 5.24. The Bertz CT molecular complexity index is 281. The summed E-state index contributed by atoms with van der Waals surface area (Å²) in [5.41, 5.74) is 0. The van der Waals surface area contributed by atoms with E-state index in [9.17, 15) is 0 Å². The predicted octanol–water partition coefficient (Wildman–Crippen LogP) is 2.59. The van der Waals surface area contributed by atoms with Crippen LogP contribution in [0.3, 0.4) is 0 Å². The Morgan fingerprint density at radius 1 is 1.21 bits per heavy atom. The second-order valence-electron chi connectivity index (χ2n) is 4.24. The van der Waals surface area contributed by atoms with Gasteiger partial charge in [-0.05, 0) is 25.8 Å². The van der Waals surface area contributed by atoms with E-state index < -0.39 is 0 Å². The normalized spacial score (nSPS) is 11.0. The number of hydrogen-bond acceptors (Lipinski definition) is 1. The maximum Gasteiger partial charge on any atom is 0.367 e. The minimum absolute atomic E-state index is 0.443. The van der Waals surface area contributed by atoms with Crippen LogP contribution in [0.4, 0.5) is 0 Å². The molecular weight excluding hydrogens is 174 g/mol. The molecule has 0 bridgehead atoms. The van der Waals surface area contributed by atoms with Gasteiger partial charge >= 0.3 is 5.88 Å².